The van der Waals surface area contributed by atoms with E-state index in [0.29, 0.717) is 12.5 Å². The molecule has 94 valence electrons. The smallest absolute Gasteiger partial charge is 0.213 e. The van der Waals surface area contributed by atoms with Gasteiger partial charge in [-0.25, -0.2) is 4.98 Å². The van der Waals surface area contributed by atoms with Crippen LogP contribution in [0.3, 0.4) is 0 Å². The lowest BCUT2D eigenvalue weighted by atomic mass is 10.2. The van der Waals surface area contributed by atoms with E-state index in [1.165, 1.54) is 0 Å². The van der Waals surface area contributed by atoms with Crippen molar-refractivity contribution in [2.24, 2.45) is 5.73 Å². The molecule has 0 aliphatic carbocycles. The second-order valence-electron chi connectivity index (χ2n) is 4.13. The lowest BCUT2D eigenvalue weighted by molar-refractivity contribution is 0.293. The molecule has 4 heteroatoms. The summed E-state index contributed by atoms with van der Waals surface area (Å²) in [6, 6.07) is 11.8. The molecular weight excluding hydrogens is 292 g/mol. The minimum absolute atomic E-state index is 0.00183. The molecule has 3 nitrogen and oxygen atoms in total. The highest BCUT2D eigenvalue weighted by atomic mass is 79.9. The maximum absolute atomic E-state index is 5.76. The van der Waals surface area contributed by atoms with Gasteiger partial charge in [0, 0.05) is 22.8 Å². The highest BCUT2D eigenvalue weighted by Gasteiger charge is 2.01. The van der Waals surface area contributed by atoms with Gasteiger partial charge < -0.3 is 10.5 Å². The molecule has 0 fully saturated rings. The van der Waals surface area contributed by atoms with Crippen molar-refractivity contribution in [1.29, 1.82) is 0 Å². The minimum atomic E-state index is -0.00183. The zero-order valence-corrected chi connectivity index (χ0v) is 11.7. The van der Waals surface area contributed by atoms with Crippen molar-refractivity contribution in [1.82, 2.24) is 4.98 Å². The molecule has 0 bridgehead atoms. The fraction of sp³-hybridized carbons (Fsp3) is 0.214. The lowest BCUT2D eigenvalue weighted by Gasteiger charge is -2.08. The van der Waals surface area contributed by atoms with Crippen molar-refractivity contribution >= 4 is 15.9 Å². The van der Waals surface area contributed by atoms with Crippen LogP contribution in [0.2, 0.25) is 0 Å². The molecule has 2 N–H and O–H groups in total. The fourth-order valence-electron chi connectivity index (χ4n) is 1.48. The lowest BCUT2D eigenvalue weighted by Crippen LogP contribution is -2.05. The first-order valence-corrected chi connectivity index (χ1v) is 6.53. The molecule has 0 unspecified atom stereocenters. The van der Waals surface area contributed by atoms with Crippen LogP contribution in [0.5, 0.6) is 5.88 Å². The predicted molar refractivity (Wildman–Crippen MR) is 75.3 cm³/mol. The van der Waals surface area contributed by atoms with E-state index in [2.05, 4.69) is 20.9 Å². The summed E-state index contributed by atoms with van der Waals surface area (Å²) >= 11 is 3.40. The van der Waals surface area contributed by atoms with Crippen LogP contribution in [0.4, 0.5) is 0 Å². The van der Waals surface area contributed by atoms with Crippen molar-refractivity contribution in [2.45, 2.75) is 19.6 Å². The summed E-state index contributed by atoms with van der Waals surface area (Å²) in [7, 11) is 0. The van der Waals surface area contributed by atoms with Gasteiger partial charge in [-0.15, -0.1) is 0 Å². The summed E-state index contributed by atoms with van der Waals surface area (Å²) in [5, 5.41) is 0. The van der Waals surface area contributed by atoms with Gasteiger partial charge in [0.2, 0.25) is 5.88 Å². The molecule has 0 amide bonds. The quantitative estimate of drug-likeness (QED) is 0.941. The maximum atomic E-state index is 5.76. The van der Waals surface area contributed by atoms with Crippen LogP contribution in [0, 0.1) is 0 Å². The molecule has 1 atom stereocenters. The number of halogens is 1. The normalized spacial score (nSPS) is 12.2. The van der Waals surface area contributed by atoms with Crippen LogP contribution in [0.15, 0.2) is 47.1 Å². The Morgan fingerprint density at radius 3 is 2.50 bits per heavy atom. The van der Waals surface area contributed by atoms with Crippen molar-refractivity contribution in [3.63, 3.8) is 0 Å². The van der Waals surface area contributed by atoms with Crippen LogP contribution in [0.1, 0.15) is 24.1 Å². The van der Waals surface area contributed by atoms with E-state index in [1.54, 1.807) is 6.20 Å². The fourth-order valence-corrected chi connectivity index (χ4v) is 1.75. The Labute approximate surface area is 115 Å². The average Bonchev–Trinajstić information content (AvgIpc) is 2.38. The minimum Gasteiger partial charge on any atom is -0.473 e. The topological polar surface area (TPSA) is 48.1 Å². The van der Waals surface area contributed by atoms with Crippen molar-refractivity contribution in [3.05, 3.63) is 58.2 Å². The average molecular weight is 307 g/mol. The third-order valence-electron chi connectivity index (χ3n) is 2.58. The molecule has 1 aromatic carbocycles. The number of hydrogen-bond donors (Lipinski definition) is 1. The van der Waals surface area contributed by atoms with E-state index in [1.807, 2.05) is 43.3 Å². The number of nitrogens with two attached hydrogens (primary N) is 1. The van der Waals surface area contributed by atoms with Gasteiger partial charge in [0.15, 0.2) is 0 Å². The molecule has 2 aromatic rings. The van der Waals surface area contributed by atoms with Gasteiger partial charge in [0.1, 0.15) is 6.61 Å². The van der Waals surface area contributed by atoms with Gasteiger partial charge in [0.05, 0.1) is 0 Å². The van der Waals surface area contributed by atoms with E-state index in [0.717, 1.165) is 15.6 Å². The third-order valence-corrected chi connectivity index (χ3v) is 3.11. The first kappa shape index (κ1) is 13.1. The van der Waals surface area contributed by atoms with Gasteiger partial charge in [-0.3, -0.25) is 0 Å². The molecule has 1 heterocycles. The first-order chi connectivity index (χ1) is 8.65. The van der Waals surface area contributed by atoms with Crippen molar-refractivity contribution < 1.29 is 4.74 Å². The molecule has 2 rings (SSSR count). The van der Waals surface area contributed by atoms with Crippen LogP contribution >= 0.6 is 15.9 Å². The largest absolute Gasteiger partial charge is 0.473 e. The Bertz CT molecular complexity index is 494. The number of pyridine rings is 1. The van der Waals surface area contributed by atoms with Gasteiger partial charge in [-0.1, -0.05) is 34.1 Å². The Kier molecular flexibility index (Phi) is 4.33. The summed E-state index contributed by atoms with van der Waals surface area (Å²) in [6.07, 6.45) is 1.75. The Balaban J connectivity index is 1.95. The predicted octanol–water partition coefficient (Wildman–Crippen LogP) is 3.44. The molecule has 0 spiro atoms. The first-order valence-electron chi connectivity index (χ1n) is 5.74. The molecule has 0 saturated carbocycles. The van der Waals surface area contributed by atoms with E-state index < -0.39 is 0 Å². The number of hydrogen-bond acceptors (Lipinski definition) is 3. The zero-order chi connectivity index (χ0) is 13.0. The number of benzene rings is 1. The van der Waals surface area contributed by atoms with E-state index in [9.17, 15) is 0 Å². The number of rotatable bonds is 4. The molecule has 0 aliphatic heterocycles. The molecule has 1 aromatic heterocycles. The number of nitrogens with zero attached hydrogens (tertiary/aromatic N) is 1. The van der Waals surface area contributed by atoms with E-state index in [4.69, 9.17) is 10.5 Å². The number of aromatic nitrogens is 1. The van der Waals surface area contributed by atoms with Gasteiger partial charge in [-0.05, 0) is 30.2 Å². The Morgan fingerprint density at radius 1 is 1.22 bits per heavy atom. The van der Waals surface area contributed by atoms with Crippen LogP contribution in [0.25, 0.3) is 0 Å². The SMILES string of the molecule is C[C@@H](N)c1ccc(OCc2ccc(Br)cc2)nc1. The monoisotopic (exact) mass is 306 g/mol. The molecule has 18 heavy (non-hydrogen) atoms. The standard InChI is InChI=1S/C14H15BrN2O/c1-10(16)12-4-7-14(17-8-12)18-9-11-2-5-13(15)6-3-11/h2-8,10H,9,16H2,1H3/t10-/m1/s1. The highest BCUT2D eigenvalue weighted by molar-refractivity contribution is 9.10. The molecule has 0 radical (unpaired) electrons. The molecule has 0 saturated heterocycles. The Morgan fingerprint density at radius 2 is 1.94 bits per heavy atom. The van der Waals surface area contributed by atoms with E-state index in [-0.39, 0.29) is 6.04 Å². The zero-order valence-electron chi connectivity index (χ0n) is 10.1. The van der Waals surface area contributed by atoms with Crippen LogP contribution in [-0.4, -0.2) is 4.98 Å². The van der Waals surface area contributed by atoms with Crippen molar-refractivity contribution in [2.75, 3.05) is 0 Å². The summed E-state index contributed by atoms with van der Waals surface area (Å²) < 4.78 is 6.66. The maximum Gasteiger partial charge on any atom is 0.213 e. The number of ether oxygens (including phenoxy) is 1. The highest BCUT2D eigenvalue weighted by Crippen LogP contribution is 2.15. The van der Waals surface area contributed by atoms with Crippen molar-refractivity contribution in [3.8, 4) is 5.88 Å². The summed E-state index contributed by atoms with van der Waals surface area (Å²) in [6.45, 7) is 2.44. The van der Waals surface area contributed by atoms with E-state index >= 15 is 0 Å². The van der Waals surface area contributed by atoms with Crippen LogP contribution < -0.4 is 10.5 Å². The third kappa shape index (κ3) is 3.55. The van der Waals surface area contributed by atoms with Crippen LogP contribution in [-0.2, 0) is 6.61 Å². The molecule has 0 aliphatic rings. The summed E-state index contributed by atoms with van der Waals surface area (Å²) in [4.78, 5) is 4.22. The van der Waals surface area contributed by atoms with Gasteiger partial charge in [0.25, 0.3) is 0 Å². The molecular formula is C14H15BrN2O. The second-order valence-corrected chi connectivity index (χ2v) is 5.05. The van der Waals surface area contributed by atoms with Gasteiger partial charge >= 0.3 is 0 Å². The Hall–Kier alpha value is -1.39. The second kappa shape index (κ2) is 5.98. The summed E-state index contributed by atoms with van der Waals surface area (Å²) in [5.41, 5.74) is 7.87. The van der Waals surface area contributed by atoms with Gasteiger partial charge in [-0.2, -0.15) is 0 Å². The summed E-state index contributed by atoms with van der Waals surface area (Å²) in [5.74, 6) is 0.613.